The molecule has 4 bridgehead atoms. The highest BCUT2D eigenvalue weighted by Gasteiger charge is 2.50. The van der Waals surface area contributed by atoms with Gasteiger partial charge in [-0.2, -0.15) is 0 Å². The Kier molecular flexibility index (Phi) is 6.43. The number of ether oxygens (including phenoxy) is 2. The van der Waals surface area contributed by atoms with Crippen LogP contribution < -0.4 is 14.8 Å². The van der Waals surface area contributed by atoms with E-state index in [0.29, 0.717) is 34.2 Å². The lowest BCUT2D eigenvalue weighted by molar-refractivity contribution is -0.0206. The van der Waals surface area contributed by atoms with Gasteiger partial charge >= 0.3 is 0 Å². The van der Waals surface area contributed by atoms with E-state index in [4.69, 9.17) is 21.1 Å². The summed E-state index contributed by atoms with van der Waals surface area (Å²) in [6, 6.07) is 8.62. The van der Waals surface area contributed by atoms with E-state index in [9.17, 15) is 4.39 Å². The Balaban J connectivity index is 1.31. The van der Waals surface area contributed by atoms with Crippen LogP contribution in [-0.2, 0) is 13.2 Å². The van der Waals surface area contributed by atoms with Crippen molar-refractivity contribution in [1.82, 2.24) is 5.32 Å². The second-order valence-electron chi connectivity index (χ2n) is 9.86. The predicted octanol–water partition coefficient (Wildman–Crippen LogP) is 7.28. The summed E-state index contributed by atoms with van der Waals surface area (Å²) in [5.41, 5.74) is 1.80. The van der Waals surface area contributed by atoms with Crippen molar-refractivity contribution >= 4 is 27.5 Å². The van der Waals surface area contributed by atoms with Crippen molar-refractivity contribution in [2.45, 2.75) is 64.1 Å². The van der Waals surface area contributed by atoms with Gasteiger partial charge in [-0.25, -0.2) is 4.39 Å². The lowest BCUT2D eigenvalue weighted by atomic mass is 9.53. The van der Waals surface area contributed by atoms with E-state index in [0.717, 1.165) is 34.3 Å². The van der Waals surface area contributed by atoms with Gasteiger partial charge in [0.15, 0.2) is 11.5 Å². The molecule has 0 heterocycles. The summed E-state index contributed by atoms with van der Waals surface area (Å²) in [6.07, 6.45) is 8.28. The third kappa shape index (κ3) is 4.53. The van der Waals surface area contributed by atoms with Gasteiger partial charge in [0, 0.05) is 22.1 Å². The van der Waals surface area contributed by atoms with Crippen LogP contribution in [0.3, 0.4) is 0 Å². The first-order chi connectivity index (χ1) is 15.4. The van der Waals surface area contributed by atoms with Crippen molar-refractivity contribution in [3.05, 3.63) is 56.8 Å². The Bertz CT molecular complexity index is 942. The maximum atomic E-state index is 14.1. The van der Waals surface area contributed by atoms with Gasteiger partial charge in [0.05, 0.1) is 11.6 Å². The summed E-state index contributed by atoms with van der Waals surface area (Å²) in [7, 11) is 0. The monoisotopic (exact) mass is 521 g/mol. The zero-order valence-electron chi connectivity index (χ0n) is 18.4. The molecule has 4 fully saturated rings. The summed E-state index contributed by atoms with van der Waals surface area (Å²) < 4.78 is 26.9. The molecule has 0 spiro atoms. The third-order valence-electron chi connectivity index (χ3n) is 7.54. The van der Waals surface area contributed by atoms with E-state index in [1.165, 1.54) is 44.6 Å². The fourth-order valence-corrected chi connectivity index (χ4v) is 7.20. The molecule has 1 N–H and O–H groups in total. The zero-order chi connectivity index (χ0) is 22.3. The van der Waals surface area contributed by atoms with Crippen LogP contribution in [-0.4, -0.2) is 12.1 Å². The average molecular weight is 523 g/mol. The highest BCUT2D eigenvalue weighted by atomic mass is 79.9. The van der Waals surface area contributed by atoms with Gasteiger partial charge in [0.1, 0.15) is 12.4 Å². The van der Waals surface area contributed by atoms with Crippen LogP contribution in [0.5, 0.6) is 11.5 Å². The van der Waals surface area contributed by atoms with E-state index in [1.54, 1.807) is 12.1 Å². The minimum Gasteiger partial charge on any atom is -0.490 e. The summed E-state index contributed by atoms with van der Waals surface area (Å²) in [5.74, 6) is 3.62. The van der Waals surface area contributed by atoms with Crippen molar-refractivity contribution in [2.24, 2.45) is 17.8 Å². The minimum absolute atomic E-state index is 0.0445. The van der Waals surface area contributed by atoms with Gasteiger partial charge < -0.3 is 14.8 Å². The largest absolute Gasteiger partial charge is 0.490 e. The molecule has 4 saturated carbocycles. The van der Waals surface area contributed by atoms with Gasteiger partial charge in [-0.15, -0.1) is 0 Å². The van der Waals surface area contributed by atoms with Crippen LogP contribution in [0.15, 0.2) is 34.8 Å². The number of halogens is 3. The Hall–Kier alpha value is -1.30. The van der Waals surface area contributed by atoms with Crippen LogP contribution in [0.25, 0.3) is 0 Å². The van der Waals surface area contributed by atoms with Crippen LogP contribution in [0.4, 0.5) is 4.39 Å². The molecule has 2 aromatic carbocycles. The van der Waals surface area contributed by atoms with E-state index in [1.807, 2.05) is 19.1 Å². The summed E-state index contributed by atoms with van der Waals surface area (Å²) >= 11 is 9.88. The average Bonchev–Trinajstić information content (AvgIpc) is 2.73. The molecule has 4 aliphatic carbocycles. The fourth-order valence-electron chi connectivity index (χ4n) is 6.52. The van der Waals surface area contributed by atoms with Crippen LogP contribution in [0, 0.1) is 23.6 Å². The van der Waals surface area contributed by atoms with Gasteiger partial charge in [0.2, 0.25) is 0 Å². The maximum Gasteiger partial charge on any atom is 0.162 e. The summed E-state index contributed by atoms with van der Waals surface area (Å²) in [5, 5.41) is 4.31. The molecule has 6 rings (SSSR count). The van der Waals surface area contributed by atoms with Gasteiger partial charge in [-0.1, -0.05) is 33.6 Å². The molecule has 0 saturated heterocycles. The molecular formula is C26H30BrClFNO2. The Morgan fingerprint density at radius 2 is 1.72 bits per heavy atom. The molecule has 0 radical (unpaired) electrons. The van der Waals surface area contributed by atoms with Crippen molar-refractivity contribution in [1.29, 1.82) is 0 Å². The molecule has 0 aliphatic heterocycles. The first kappa shape index (κ1) is 22.5. The third-order valence-corrected chi connectivity index (χ3v) is 8.63. The lowest BCUT2D eigenvalue weighted by Gasteiger charge is -2.57. The van der Waals surface area contributed by atoms with Crippen molar-refractivity contribution in [3.8, 4) is 11.5 Å². The lowest BCUT2D eigenvalue weighted by Crippen LogP contribution is -2.58. The van der Waals surface area contributed by atoms with Crippen molar-refractivity contribution < 1.29 is 13.9 Å². The quantitative estimate of drug-likeness (QED) is 0.395. The van der Waals surface area contributed by atoms with Crippen molar-refractivity contribution in [2.75, 3.05) is 6.61 Å². The molecule has 32 heavy (non-hydrogen) atoms. The Labute approximate surface area is 203 Å². The van der Waals surface area contributed by atoms with Gasteiger partial charge in [0.25, 0.3) is 0 Å². The predicted molar refractivity (Wildman–Crippen MR) is 129 cm³/mol. The minimum atomic E-state index is -0.370. The van der Waals surface area contributed by atoms with E-state index >= 15 is 0 Å². The number of benzene rings is 2. The Morgan fingerprint density at radius 1 is 1.06 bits per heavy atom. The molecule has 4 aliphatic rings. The highest BCUT2D eigenvalue weighted by molar-refractivity contribution is 9.10. The molecule has 0 amide bonds. The molecule has 0 aromatic heterocycles. The molecule has 172 valence electrons. The molecule has 0 unspecified atom stereocenters. The van der Waals surface area contributed by atoms with Crippen LogP contribution in [0.2, 0.25) is 5.02 Å². The van der Waals surface area contributed by atoms with Crippen LogP contribution in [0.1, 0.15) is 56.6 Å². The normalized spacial score (nSPS) is 28.2. The molecule has 3 nitrogen and oxygen atoms in total. The van der Waals surface area contributed by atoms with E-state index in [2.05, 4.69) is 21.2 Å². The van der Waals surface area contributed by atoms with E-state index in [-0.39, 0.29) is 12.4 Å². The zero-order valence-corrected chi connectivity index (χ0v) is 20.8. The number of rotatable bonds is 8. The molecular weight excluding hydrogens is 493 g/mol. The number of hydrogen-bond acceptors (Lipinski definition) is 3. The Morgan fingerprint density at radius 3 is 2.34 bits per heavy atom. The maximum absolute atomic E-state index is 14.1. The second kappa shape index (κ2) is 9.15. The van der Waals surface area contributed by atoms with Gasteiger partial charge in [-0.05, 0) is 93.0 Å². The fraction of sp³-hybridized carbons (Fsp3) is 0.538. The molecule has 6 heteroatoms. The standard InChI is InChI=1S/C26H30BrClFNO2/c1-2-31-24-9-19(14-30-26-11-16-6-17(12-26)8-18(7-16)13-26)21(27)10-25(24)32-15-20-22(28)4-3-5-23(20)29/h3-5,9-10,16-18,30H,2,6-8,11-15H2,1H3. The topological polar surface area (TPSA) is 30.5 Å². The number of nitrogens with one attached hydrogen (secondary N) is 1. The highest BCUT2D eigenvalue weighted by Crippen LogP contribution is 2.55. The van der Waals surface area contributed by atoms with Crippen LogP contribution >= 0.6 is 27.5 Å². The molecule has 2 aromatic rings. The second-order valence-corrected chi connectivity index (χ2v) is 11.1. The van der Waals surface area contributed by atoms with Crippen molar-refractivity contribution in [3.63, 3.8) is 0 Å². The van der Waals surface area contributed by atoms with E-state index < -0.39 is 0 Å². The summed E-state index contributed by atoms with van der Waals surface area (Å²) in [4.78, 5) is 0. The SMILES string of the molecule is CCOc1cc(CNC23CC4CC(CC(C4)C2)C3)c(Br)cc1OCc1c(F)cccc1Cl. The first-order valence-electron chi connectivity index (χ1n) is 11.7. The smallest absolute Gasteiger partial charge is 0.162 e. The number of hydrogen-bond donors (Lipinski definition) is 1. The summed E-state index contributed by atoms with van der Waals surface area (Å²) in [6.45, 7) is 3.32. The van der Waals surface area contributed by atoms with Gasteiger partial charge in [-0.3, -0.25) is 0 Å². The first-order valence-corrected chi connectivity index (χ1v) is 12.9. The molecule has 0 atom stereocenters.